The van der Waals surface area contributed by atoms with Crippen molar-refractivity contribution in [2.24, 2.45) is 5.14 Å². The third-order valence-corrected chi connectivity index (χ3v) is 5.35. The first kappa shape index (κ1) is 18.6. The van der Waals surface area contributed by atoms with Gasteiger partial charge in [-0.15, -0.1) is 0 Å². The van der Waals surface area contributed by atoms with Crippen LogP contribution in [-0.2, 0) is 27.9 Å². The predicted molar refractivity (Wildman–Crippen MR) is 96.7 cm³/mol. The predicted octanol–water partition coefficient (Wildman–Crippen LogP) is 0.314. The van der Waals surface area contributed by atoms with Crippen molar-refractivity contribution in [3.8, 4) is 0 Å². The monoisotopic (exact) mass is 377 g/mol. The zero-order valence-corrected chi connectivity index (χ0v) is 15.2. The smallest absolute Gasteiger partial charge is 0.241 e. The summed E-state index contributed by atoms with van der Waals surface area (Å²) in [5.74, 6) is 0.252. The van der Waals surface area contributed by atoms with Crippen LogP contribution in [0.25, 0.3) is 0 Å². The molecule has 1 atom stereocenters. The number of carbonyl (C=O) groups is 1. The molecule has 140 valence electrons. The van der Waals surface area contributed by atoms with Crippen molar-refractivity contribution in [3.05, 3.63) is 47.8 Å². The molecule has 1 aliphatic heterocycles. The fourth-order valence-electron chi connectivity index (χ4n) is 2.99. The van der Waals surface area contributed by atoms with Gasteiger partial charge in [0.2, 0.25) is 15.9 Å². The standard InChI is InChI=1S/C17H23N5O3S/c18-26(24,25)15-5-3-13(4-6-15)10-20-17(23)12-22-9-7-16(21-22)14-2-1-8-19-11-14/h3-7,9,14,19H,1-2,8,10-12H2,(H,20,23)(H2,18,24,25). The van der Waals surface area contributed by atoms with Crippen molar-refractivity contribution in [2.45, 2.75) is 36.7 Å². The SMILES string of the molecule is NS(=O)(=O)c1ccc(CNC(=O)Cn2ccc(C3CCCNC3)n2)cc1. The maximum atomic E-state index is 12.1. The number of nitrogens with one attached hydrogen (secondary N) is 2. The Balaban J connectivity index is 1.50. The Labute approximate surface area is 152 Å². The molecule has 4 N–H and O–H groups in total. The van der Waals surface area contributed by atoms with Crippen molar-refractivity contribution in [1.29, 1.82) is 0 Å². The lowest BCUT2D eigenvalue weighted by Gasteiger charge is -2.20. The quantitative estimate of drug-likeness (QED) is 0.670. The second-order valence-electron chi connectivity index (χ2n) is 6.45. The van der Waals surface area contributed by atoms with Crippen molar-refractivity contribution >= 4 is 15.9 Å². The molecule has 2 heterocycles. The van der Waals surface area contributed by atoms with Crippen molar-refractivity contribution < 1.29 is 13.2 Å². The van der Waals surface area contributed by atoms with E-state index in [1.165, 1.54) is 12.1 Å². The minimum Gasteiger partial charge on any atom is -0.350 e. The number of aromatic nitrogens is 2. The van der Waals surface area contributed by atoms with Gasteiger partial charge in [0.05, 0.1) is 10.6 Å². The van der Waals surface area contributed by atoms with E-state index in [1.807, 2.05) is 12.3 Å². The molecule has 1 unspecified atom stereocenters. The van der Waals surface area contributed by atoms with E-state index in [9.17, 15) is 13.2 Å². The molecule has 26 heavy (non-hydrogen) atoms. The van der Waals surface area contributed by atoms with Crippen LogP contribution in [0.4, 0.5) is 0 Å². The molecule has 1 amide bonds. The Kier molecular flexibility index (Phi) is 5.70. The van der Waals surface area contributed by atoms with Crippen LogP contribution in [0, 0.1) is 0 Å². The summed E-state index contributed by atoms with van der Waals surface area (Å²) >= 11 is 0. The second kappa shape index (κ2) is 7.98. The summed E-state index contributed by atoms with van der Waals surface area (Å²) in [6, 6.07) is 8.07. The van der Waals surface area contributed by atoms with E-state index >= 15 is 0 Å². The molecule has 9 heteroatoms. The van der Waals surface area contributed by atoms with Crippen molar-refractivity contribution in [2.75, 3.05) is 13.1 Å². The summed E-state index contributed by atoms with van der Waals surface area (Å²) in [7, 11) is -3.70. The summed E-state index contributed by atoms with van der Waals surface area (Å²) in [6.07, 6.45) is 4.08. The lowest BCUT2D eigenvalue weighted by molar-refractivity contribution is -0.122. The molecule has 8 nitrogen and oxygen atoms in total. The molecule has 0 saturated carbocycles. The highest BCUT2D eigenvalue weighted by Crippen LogP contribution is 2.21. The molecule has 1 aliphatic rings. The molecular weight excluding hydrogens is 354 g/mol. The molecule has 0 radical (unpaired) electrons. The van der Waals surface area contributed by atoms with Crippen LogP contribution in [0.15, 0.2) is 41.4 Å². The molecule has 1 aromatic carbocycles. The molecule has 3 rings (SSSR count). The zero-order valence-electron chi connectivity index (χ0n) is 14.4. The number of rotatable bonds is 6. The van der Waals surface area contributed by atoms with E-state index < -0.39 is 10.0 Å². The highest BCUT2D eigenvalue weighted by atomic mass is 32.2. The van der Waals surface area contributed by atoms with Gasteiger partial charge in [0.1, 0.15) is 6.54 Å². The van der Waals surface area contributed by atoms with Gasteiger partial charge in [-0.3, -0.25) is 9.48 Å². The summed E-state index contributed by atoms with van der Waals surface area (Å²) in [4.78, 5) is 12.1. The van der Waals surface area contributed by atoms with Crippen LogP contribution >= 0.6 is 0 Å². The average molecular weight is 377 g/mol. The van der Waals surface area contributed by atoms with Crippen LogP contribution in [0.3, 0.4) is 0 Å². The first-order valence-electron chi connectivity index (χ1n) is 8.54. The van der Waals surface area contributed by atoms with Gasteiger partial charge < -0.3 is 10.6 Å². The lowest BCUT2D eigenvalue weighted by atomic mass is 9.97. The minimum atomic E-state index is -3.70. The van der Waals surface area contributed by atoms with E-state index in [-0.39, 0.29) is 17.3 Å². The Morgan fingerprint density at radius 3 is 2.73 bits per heavy atom. The van der Waals surface area contributed by atoms with Gasteiger partial charge in [-0.05, 0) is 43.1 Å². The van der Waals surface area contributed by atoms with Gasteiger partial charge in [0.25, 0.3) is 0 Å². The van der Waals surface area contributed by atoms with E-state index in [2.05, 4.69) is 15.7 Å². The Bertz CT molecular complexity index is 855. The normalized spacial score (nSPS) is 17.8. The van der Waals surface area contributed by atoms with Gasteiger partial charge in [0.15, 0.2) is 0 Å². The number of hydrogen-bond donors (Lipinski definition) is 3. The maximum absolute atomic E-state index is 12.1. The molecular formula is C17H23N5O3S. The summed E-state index contributed by atoms with van der Waals surface area (Å²) < 4.78 is 24.1. The number of sulfonamides is 1. The number of benzene rings is 1. The van der Waals surface area contributed by atoms with Gasteiger partial charge >= 0.3 is 0 Å². The van der Waals surface area contributed by atoms with Crippen molar-refractivity contribution in [3.63, 3.8) is 0 Å². The van der Waals surface area contributed by atoms with E-state index in [4.69, 9.17) is 5.14 Å². The van der Waals surface area contributed by atoms with Gasteiger partial charge in [-0.2, -0.15) is 5.10 Å². The molecule has 1 fully saturated rings. The van der Waals surface area contributed by atoms with Crippen LogP contribution in [0.2, 0.25) is 0 Å². The van der Waals surface area contributed by atoms with Gasteiger partial charge in [-0.1, -0.05) is 12.1 Å². The third-order valence-electron chi connectivity index (χ3n) is 4.42. The number of primary sulfonamides is 1. The number of nitrogens with zero attached hydrogens (tertiary/aromatic N) is 2. The Morgan fingerprint density at radius 1 is 1.31 bits per heavy atom. The molecule has 2 aromatic rings. The number of nitrogens with two attached hydrogens (primary N) is 1. The van der Waals surface area contributed by atoms with Gasteiger partial charge in [0, 0.05) is 25.2 Å². The number of piperidine rings is 1. The average Bonchev–Trinajstić information content (AvgIpc) is 3.09. The lowest BCUT2D eigenvalue weighted by Crippen LogP contribution is -2.29. The second-order valence-corrected chi connectivity index (χ2v) is 8.01. The fourth-order valence-corrected chi connectivity index (χ4v) is 3.50. The minimum absolute atomic E-state index is 0.0499. The highest BCUT2D eigenvalue weighted by Gasteiger charge is 2.17. The van der Waals surface area contributed by atoms with Gasteiger partial charge in [-0.25, -0.2) is 13.6 Å². The number of amides is 1. The third kappa shape index (κ3) is 4.90. The van der Waals surface area contributed by atoms with Crippen molar-refractivity contribution in [1.82, 2.24) is 20.4 Å². The van der Waals surface area contributed by atoms with Crippen LogP contribution in [0.5, 0.6) is 0 Å². The molecule has 1 saturated heterocycles. The van der Waals surface area contributed by atoms with Crippen LogP contribution in [0.1, 0.15) is 30.0 Å². The first-order valence-corrected chi connectivity index (χ1v) is 10.1. The summed E-state index contributed by atoms with van der Waals surface area (Å²) in [5.41, 5.74) is 1.81. The topological polar surface area (TPSA) is 119 Å². The van der Waals surface area contributed by atoms with E-state index in [1.54, 1.807) is 16.8 Å². The Morgan fingerprint density at radius 2 is 2.08 bits per heavy atom. The number of carbonyl (C=O) groups excluding carboxylic acids is 1. The zero-order chi connectivity index (χ0) is 18.6. The Hall–Kier alpha value is -2.23. The molecule has 1 aromatic heterocycles. The first-order chi connectivity index (χ1) is 12.4. The van der Waals surface area contributed by atoms with E-state index in [0.717, 1.165) is 37.2 Å². The van der Waals surface area contributed by atoms with E-state index in [0.29, 0.717) is 12.5 Å². The molecule has 0 bridgehead atoms. The maximum Gasteiger partial charge on any atom is 0.241 e. The largest absolute Gasteiger partial charge is 0.350 e. The fraction of sp³-hybridized carbons (Fsp3) is 0.412. The molecule has 0 aliphatic carbocycles. The number of hydrogen-bond acceptors (Lipinski definition) is 5. The van der Waals surface area contributed by atoms with Crippen LogP contribution in [-0.4, -0.2) is 37.2 Å². The summed E-state index contributed by atoms with van der Waals surface area (Å²) in [6.45, 7) is 2.44. The summed E-state index contributed by atoms with van der Waals surface area (Å²) in [5, 5.41) is 15.7. The molecule has 0 spiro atoms. The highest BCUT2D eigenvalue weighted by molar-refractivity contribution is 7.89. The van der Waals surface area contributed by atoms with Crippen LogP contribution < -0.4 is 15.8 Å².